The number of aliphatic carboxylic acids is 1. The van der Waals surface area contributed by atoms with Crippen molar-refractivity contribution in [3.63, 3.8) is 0 Å². The molecule has 0 spiro atoms. The van der Waals surface area contributed by atoms with E-state index in [0.717, 1.165) is 42.5 Å². The molecule has 3 rings (SSSR count). The van der Waals surface area contributed by atoms with Crippen LogP contribution in [0, 0.1) is 19.8 Å². The Labute approximate surface area is 152 Å². The number of hydrogen-bond donors (Lipinski definition) is 2. The molecule has 2 atom stereocenters. The average Bonchev–Trinajstić information content (AvgIpc) is 2.83. The zero-order valence-corrected chi connectivity index (χ0v) is 15.6. The first-order valence-corrected chi connectivity index (χ1v) is 9.23. The monoisotopic (exact) mass is 358 g/mol. The lowest BCUT2D eigenvalue weighted by Crippen LogP contribution is -2.44. The summed E-state index contributed by atoms with van der Waals surface area (Å²) in [7, 11) is 1.80. The van der Waals surface area contributed by atoms with Crippen molar-refractivity contribution in [1.82, 2.24) is 20.1 Å². The van der Waals surface area contributed by atoms with Crippen LogP contribution in [0.25, 0.3) is 11.0 Å². The first kappa shape index (κ1) is 18.4. The zero-order valence-electron chi connectivity index (χ0n) is 15.6. The highest BCUT2D eigenvalue weighted by molar-refractivity contribution is 6.06. The van der Waals surface area contributed by atoms with Gasteiger partial charge in [-0.25, -0.2) is 4.98 Å². The van der Waals surface area contributed by atoms with Gasteiger partial charge in [0.05, 0.1) is 22.6 Å². The highest BCUT2D eigenvalue weighted by Crippen LogP contribution is 2.25. The summed E-state index contributed by atoms with van der Waals surface area (Å²) in [5.41, 5.74) is 2.66. The number of carboxylic acid groups (broad SMARTS) is 1. The maximum atomic E-state index is 13.0. The third kappa shape index (κ3) is 3.57. The maximum Gasteiger partial charge on any atom is 0.308 e. The number of carboxylic acids is 1. The Hall–Kier alpha value is -2.44. The van der Waals surface area contributed by atoms with Crippen molar-refractivity contribution in [2.45, 2.75) is 58.4 Å². The van der Waals surface area contributed by atoms with Crippen LogP contribution < -0.4 is 5.32 Å². The Balaban J connectivity index is 1.93. The highest BCUT2D eigenvalue weighted by atomic mass is 16.4. The van der Waals surface area contributed by atoms with Gasteiger partial charge in [0.1, 0.15) is 0 Å². The SMILES string of the molecule is Cc1cc(C(=O)NC2CCCCCCC2C(=O)O)c2c(C)nn(C)c2n1. The van der Waals surface area contributed by atoms with Crippen LogP contribution >= 0.6 is 0 Å². The lowest BCUT2D eigenvalue weighted by Gasteiger charge is -2.27. The minimum atomic E-state index is -0.828. The molecule has 1 saturated carbocycles. The van der Waals surface area contributed by atoms with E-state index in [1.165, 1.54) is 0 Å². The molecule has 7 nitrogen and oxygen atoms in total. The average molecular weight is 358 g/mol. The first-order valence-electron chi connectivity index (χ1n) is 9.23. The summed E-state index contributed by atoms with van der Waals surface area (Å²) in [5, 5.41) is 17.7. The summed E-state index contributed by atoms with van der Waals surface area (Å²) in [4.78, 5) is 29.2. The number of carbonyl (C=O) groups excluding carboxylic acids is 1. The molecular weight excluding hydrogens is 332 g/mol. The van der Waals surface area contributed by atoms with E-state index >= 15 is 0 Å². The molecule has 1 aliphatic carbocycles. The molecule has 7 heteroatoms. The molecule has 0 bridgehead atoms. The third-order valence-electron chi connectivity index (χ3n) is 5.24. The van der Waals surface area contributed by atoms with Crippen LogP contribution in [-0.2, 0) is 11.8 Å². The minimum absolute atomic E-state index is 0.242. The summed E-state index contributed by atoms with van der Waals surface area (Å²) in [6.07, 6.45) is 5.27. The second-order valence-corrected chi connectivity index (χ2v) is 7.24. The number of nitrogens with one attached hydrogen (secondary N) is 1. The van der Waals surface area contributed by atoms with Gasteiger partial charge in [-0.05, 0) is 32.8 Å². The van der Waals surface area contributed by atoms with Gasteiger partial charge in [0.25, 0.3) is 5.91 Å². The number of carbonyl (C=O) groups is 2. The van der Waals surface area contributed by atoms with E-state index in [4.69, 9.17) is 0 Å². The fraction of sp³-hybridized carbons (Fsp3) is 0.579. The largest absolute Gasteiger partial charge is 0.481 e. The van der Waals surface area contributed by atoms with Crippen LogP contribution in [0.15, 0.2) is 6.07 Å². The Morgan fingerprint density at radius 2 is 1.88 bits per heavy atom. The smallest absolute Gasteiger partial charge is 0.308 e. The molecule has 0 aliphatic heterocycles. The van der Waals surface area contributed by atoms with E-state index < -0.39 is 11.9 Å². The van der Waals surface area contributed by atoms with E-state index in [1.807, 2.05) is 13.8 Å². The lowest BCUT2D eigenvalue weighted by molar-refractivity contribution is -0.143. The number of fused-ring (bicyclic) bond motifs is 1. The van der Waals surface area contributed by atoms with Gasteiger partial charge in [0.15, 0.2) is 5.65 Å². The fourth-order valence-corrected chi connectivity index (χ4v) is 3.95. The number of aryl methyl sites for hydroxylation is 3. The molecule has 2 N–H and O–H groups in total. The number of hydrogen-bond acceptors (Lipinski definition) is 4. The van der Waals surface area contributed by atoms with Crippen molar-refractivity contribution in [1.29, 1.82) is 0 Å². The first-order chi connectivity index (χ1) is 12.4. The van der Waals surface area contributed by atoms with Crippen LogP contribution in [0.1, 0.15) is 60.3 Å². The molecule has 0 aromatic carbocycles. The molecule has 2 aromatic rings. The van der Waals surface area contributed by atoms with Crippen molar-refractivity contribution < 1.29 is 14.7 Å². The summed E-state index contributed by atoms with van der Waals surface area (Å²) in [6, 6.07) is 1.41. The normalized spacial score (nSPS) is 21.2. The molecule has 0 saturated heterocycles. The molecule has 1 amide bonds. The molecule has 2 unspecified atom stereocenters. The summed E-state index contributed by atoms with van der Waals surface area (Å²) in [5.74, 6) is -1.60. The summed E-state index contributed by atoms with van der Waals surface area (Å²) >= 11 is 0. The fourth-order valence-electron chi connectivity index (χ4n) is 3.95. The maximum absolute atomic E-state index is 13.0. The van der Waals surface area contributed by atoms with E-state index in [0.29, 0.717) is 24.1 Å². The summed E-state index contributed by atoms with van der Waals surface area (Å²) < 4.78 is 1.67. The quantitative estimate of drug-likeness (QED) is 0.879. The van der Waals surface area contributed by atoms with Gasteiger partial charge in [-0.1, -0.05) is 25.7 Å². The molecule has 1 fully saturated rings. The van der Waals surface area contributed by atoms with Gasteiger partial charge in [0, 0.05) is 18.8 Å². The molecule has 2 heterocycles. The summed E-state index contributed by atoms with van der Waals surface area (Å²) in [6.45, 7) is 3.69. The lowest BCUT2D eigenvalue weighted by atomic mass is 9.86. The number of pyridine rings is 1. The Bertz CT molecular complexity index is 843. The van der Waals surface area contributed by atoms with Crippen molar-refractivity contribution in [3.05, 3.63) is 23.0 Å². The van der Waals surface area contributed by atoms with Crippen molar-refractivity contribution in [3.8, 4) is 0 Å². The number of amides is 1. The van der Waals surface area contributed by atoms with Crippen LogP contribution in [0.3, 0.4) is 0 Å². The highest BCUT2D eigenvalue weighted by Gasteiger charge is 2.31. The predicted molar refractivity (Wildman–Crippen MR) is 98.1 cm³/mol. The van der Waals surface area contributed by atoms with E-state index in [9.17, 15) is 14.7 Å². The van der Waals surface area contributed by atoms with E-state index in [1.54, 1.807) is 17.8 Å². The molecule has 2 aromatic heterocycles. The van der Waals surface area contributed by atoms with Crippen LogP contribution in [-0.4, -0.2) is 37.8 Å². The van der Waals surface area contributed by atoms with Gasteiger partial charge in [0.2, 0.25) is 0 Å². The van der Waals surface area contributed by atoms with Crippen molar-refractivity contribution in [2.75, 3.05) is 0 Å². The van der Waals surface area contributed by atoms with E-state index in [2.05, 4.69) is 15.4 Å². The second kappa shape index (κ2) is 7.43. The number of aromatic nitrogens is 3. The van der Waals surface area contributed by atoms with Gasteiger partial charge in [-0.2, -0.15) is 5.10 Å². The Morgan fingerprint density at radius 1 is 1.19 bits per heavy atom. The predicted octanol–water partition coefficient (Wildman–Crippen LogP) is 2.74. The van der Waals surface area contributed by atoms with Gasteiger partial charge in [-0.3, -0.25) is 14.3 Å². The molecule has 140 valence electrons. The van der Waals surface area contributed by atoms with Crippen molar-refractivity contribution in [2.24, 2.45) is 13.0 Å². The van der Waals surface area contributed by atoms with Crippen LogP contribution in [0.5, 0.6) is 0 Å². The topological polar surface area (TPSA) is 97.1 Å². The van der Waals surface area contributed by atoms with Crippen LogP contribution in [0.2, 0.25) is 0 Å². The Kier molecular flexibility index (Phi) is 5.25. The zero-order chi connectivity index (χ0) is 18.8. The Morgan fingerprint density at radius 3 is 2.58 bits per heavy atom. The van der Waals surface area contributed by atoms with Gasteiger partial charge in [-0.15, -0.1) is 0 Å². The third-order valence-corrected chi connectivity index (χ3v) is 5.24. The van der Waals surface area contributed by atoms with Crippen LogP contribution in [0.4, 0.5) is 0 Å². The number of nitrogens with zero attached hydrogens (tertiary/aromatic N) is 3. The molecular formula is C19H26N4O3. The van der Waals surface area contributed by atoms with E-state index in [-0.39, 0.29) is 11.9 Å². The molecule has 0 radical (unpaired) electrons. The van der Waals surface area contributed by atoms with Gasteiger partial charge < -0.3 is 10.4 Å². The molecule has 26 heavy (non-hydrogen) atoms. The second-order valence-electron chi connectivity index (χ2n) is 7.24. The minimum Gasteiger partial charge on any atom is -0.481 e. The molecule has 1 aliphatic rings. The van der Waals surface area contributed by atoms with Gasteiger partial charge >= 0.3 is 5.97 Å². The van der Waals surface area contributed by atoms with Crippen molar-refractivity contribution >= 4 is 22.9 Å². The number of rotatable bonds is 3. The standard InChI is InChI=1S/C19H26N4O3/c1-11-10-14(16-12(2)22-23(3)17(16)20-11)18(24)21-15-9-7-5-4-6-8-13(15)19(25)26/h10,13,15H,4-9H2,1-3H3,(H,21,24)(H,25,26).